The standard InChI is InChI=1S/C21H21N5O3S2/c1-3-11-26(14-16-7-5-4-6-8-16)31(27,28)17-9-10-18-19(12-17)30-21(24-18)22-13-20-23-15(2)25-29-20/h3-10,12H,1,11,13-14H2,2H3,(H,22,24). The molecule has 4 rings (SSSR count). The maximum absolute atomic E-state index is 13.3. The molecule has 0 aliphatic rings. The molecule has 0 bridgehead atoms. The van der Waals surface area contributed by atoms with Crippen molar-refractivity contribution in [2.45, 2.75) is 24.9 Å². The average Bonchev–Trinajstić information content (AvgIpc) is 3.37. The summed E-state index contributed by atoms with van der Waals surface area (Å²) in [5.74, 6) is 1.02. The van der Waals surface area contributed by atoms with Crippen molar-refractivity contribution in [3.63, 3.8) is 0 Å². The second-order valence-corrected chi connectivity index (χ2v) is 9.78. The third-order valence-electron chi connectivity index (χ3n) is 4.49. The maximum Gasteiger partial charge on any atom is 0.246 e. The van der Waals surface area contributed by atoms with E-state index in [1.54, 1.807) is 31.2 Å². The highest BCUT2D eigenvalue weighted by molar-refractivity contribution is 7.89. The summed E-state index contributed by atoms with van der Waals surface area (Å²) in [6, 6.07) is 14.5. The van der Waals surface area contributed by atoms with E-state index in [0.29, 0.717) is 28.9 Å². The highest BCUT2D eigenvalue weighted by Gasteiger charge is 2.24. The van der Waals surface area contributed by atoms with Gasteiger partial charge >= 0.3 is 0 Å². The van der Waals surface area contributed by atoms with Gasteiger partial charge in [-0.2, -0.15) is 9.29 Å². The molecule has 0 unspecified atom stereocenters. The summed E-state index contributed by atoms with van der Waals surface area (Å²) in [5, 5.41) is 7.53. The number of hydrogen-bond acceptors (Lipinski definition) is 8. The first kappa shape index (κ1) is 21.2. The predicted molar refractivity (Wildman–Crippen MR) is 120 cm³/mol. The number of benzene rings is 2. The summed E-state index contributed by atoms with van der Waals surface area (Å²) in [5.41, 5.74) is 1.63. The fourth-order valence-corrected chi connectivity index (χ4v) is 5.43. The van der Waals surface area contributed by atoms with E-state index in [1.807, 2.05) is 30.3 Å². The second kappa shape index (κ2) is 8.96. The van der Waals surface area contributed by atoms with Crippen LogP contribution in [0.1, 0.15) is 17.3 Å². The number of anilines is 1. The van der Waals surface area contributed by atoms with Gasteiger partial charge in [-0.15, -0.1) is 6.58 Å². The maximum atomic E-state index is 13.3. The van der Waals surface area contributed by atoms with Gasteiger partial charge in [0.1, 0.15) is 0 Å². The Morgan fingerprint density at radius 3 is 2.71 bits per heavy atom. The number of hydrogen-bond donors (Lipinski definition) is 1. The molecule has 160 valence electrons. The molecule has 10 heteroatoms. The van der Waals surface area contributed by atoms with Crippen LogP contribution >= 0.6 is 11.3 Å². The van der Waals surface area contributed by atoms with Crippen LogP contribution in [-0.2, 0) is 23.1 Å². The molecular weight excluding hydrogens is 434 g/mol. The summed E-state index contributed by atoms with van der Waals surface area (Å²) in [6.07, 6.45) is 1.59. The zero-order valence-electron chi connectivity index (χ0n) is 16.9. The molecule has 2 aromatic heterocycles. The van der Waals surface area contributed by atoms with Crippen LogP contribution in [0.2, 0.25) is 0 Å². The monoisotopic (exact) mass is 455 g/mol. The minimum absolute atomic E-state index is 0.217. The Hall–Kier alpha value is -3.08. The van der Waals surface area contributed by atoms with Gasteiger partial charge in [0, 0.05) is 13.1 Å². The zero-order valence-corrected chi connectivity index (χ0v) is 18.5. The van der Waals surface area contributed by atoms with Crippen molar-refractivity contribution >= 4 is 36.7 Å². The Labute approximate surface area is 184 Å². The van der Waals surface area contributed by atoms with Crippen LogP contribution in [0.4, 0.5) is 5.13 Å². The molecule has 0 spiro atoms. The molecule has 0 amide bonds. The average molecular weight is 456 g/mol. The van der Waals surface area contributed by atoms with Gasteiger partial charge < -0.3 is 9.84 Å². The third kappa shape index (κ3) is 4.82. The van der Waals surface area contributed by atoms with Crippen molar-refractivity contribution < 1.29 is 12.9 Å². The number of sulfonamides is 1. The van der Waals surface area contributed by atoms with Gasteiger partial charge in [0.05, 0.1) is 21.7 Å². The molecule has 0 saturated carbocycles. The van der Waals surface area contributed by atoms with Crippen LogP contribution in [0.5, 0.6) is 0 Å². The number of nitrogens with zero attached hydrogens (tertiary/aromatic N) is 4. The summed E-state index contributed by atoms with van der Waals surface area (Å²) >= 11 is 1.37. The van der Waals surface area contributed by atoms with Crippen LogP contribution in [0.3, 0.4) is 0 Å². The fraction of sp³-hybridized carbons (Fsp3) is 0.190. The van der Waals surface area contributed by atoms with Crippen molar-refractivity contribution in [2.24, 2.45) is 0 Å². The minimum atomic E-state index is -3.71. The van der Waals surface area contributed by atoms with Crippen LogP contribution in [0.15, 0.2) is 70.6 Å². The predicted octanol–water partition coefficient (Wildman–Crippen LogP) is 3.98. The number of rotatable bonds is 9. The quantitative estimate of drug-likeness (QED) is 0.381. The molecule has 4 aromatic rings. The van der Waals surface area contributed by atoms with Gasteiger partial charge in [0.25, 0.3) is 0 Å². The van der Waals surface area contributed by atoms with Gasteiger partial charge in [-0.3, -0.25) is 0 Å². The first-order valence-electron chi connectivity index (χ1n) is 9.54. The molecule has 0 fully saturated rings. The van der Waals surface area contributed by atoms with Crippen LogP contribution < -0.4 is 5.32 Å². The zero-order chi connectivity index (χ0) is 21.8. The lowest BCUT2D eigenvalue weighted by Gasteiger charge is -2.21. The molecule has 0 atom stereocenters. The number of nitrogens with one attached hydrogen (secondary N) is 1. The van der Waals surface area contributed by atoms with E-state index in [9.17, 15) is 8.42 Å². The van der Waals surface area contributed by atoms with Crippen LogP contribution in [0.25, 0.3) is 10.2 Å². The Morgan fingerprint density at radius 2 is 2.00 bits per heavy atom. The van der Waals surface area contributed by atoms with E-state index in [0.717, 1.165) is 10.3 Å². The molecule has 0 saturated heterocycles. The van der Waals surface area contributed by atoms with Crippen LogP contribution in [0, 0.1) is 6.92 Å². The summed E-state index contributed by atoms with van der Waals surface area (Å²) < 4.78 is 33.9. The Morgan fingerprint density at radius 1 is 1.19 bits per heavy atom. The van der Waals surface area contributed by atoms with Gasteiger partial charge in [0.15, 0.2) is 11.0 Å². The SMILES string of the molecule is C=CCN(Cc1ccccc1)S(=O)(=O)c1ccc2nc(NCc3nc(C)no3)sc2c1. The van der Waals surface area contributed by atoms with Crippen molar-refractivity contribution in [1.29, 1.82) is 0 Å². The number of aromatic nitrogens is 3. The van der Waals surface area contributed by atoms with Gasteiger partial charge in [-0.25, -0.2) is 13.4 Å². The Kier molecular flexibility index (Phi) is 6.12. The molecular formula is C21H21N5O3S2. The molecule has 0 aliphatic carbocycles. The second-order valence-electron chi connectivity index (χ2n) is 6.81. The lowest BCUT2D eigenvalue weighted by Crippen LogP contribution is -2.30. The molecule has 2 heterocycles. The van der Waals surface area contributed by atoms with Crippen molar-refractivity contribution in [3.8, 4) is 0 Å². The molecule has 2 aromatic carbocycles. The van der Waals surface area contributed by atoms with E-state index in [4.69, 9.17) is 4.52 Å². The third-order valence-corrected chi connectivity index (χ3v) is 7.28. The fourth-order valence-electron chi connectivity index (χ4n) is 3.03. The van der Waals surface area contributed by atoms with E-state index >= 15 is 0 Å². The first-order chi connectivity index (χ1) is 15.0. The van der Waals surface area contributed by atoms with Crippen molar-refractivity contribution in [1.82, 2.24) is 19.4 Å². The molecule has 0 radical (unpaired) electrons. The molecule has 31 heavy (non-hydrogen) atoms. The molecule has 0 aliphatic heterocycles. The van der Waals surface area contributed by atoms with E-state index in [-0.39, 0.29) is 18.0 Å². The van der Waals surface area contributed by atoms with Crippen LogP contribution in [-0.4, -0.2) is 34.4 Å². The van der Waals surface area contributed by atoms with Gasteiger partial charge in [0.2, 0.25) is 15.9 Å². The highest BCUT2D eigenvalue weighted by Crippen LogP contribution is 2.30. The van der Waals surface area contributed by atoms with E-state index in [1.165, 1.54) is 15.6 Å². The summed E-state index contributed by atoms with van der Waals surface area (Å²) in [4.78, 5) is 8.86. The highest BCUT2D eigenvalue weighted by atomic mass is 32.2. The number of aryl methyl sites for hydroxylation is 1. The van der Waals surface area contributed by atoms with Crippen molar-refractivity contribution in [2.75, 3.05) is 11.9 Å². The first-order valence-corrected chi connectivity index (χ1v) is 11.8. The van der Waals surface area contributed by atoms with E-state index < -0.39 is 10.0 Å². The van der Waals surface area contributed by atoms with Crippen molar-refractivity contribution in [3.05, 3.63) is 78.5 Å². The van der Waals surface area contributed by atoms with Gasteiger partial charge in [-0.1, -0.05) is 52.9 Å². The van der Waals surface area contributed by atoms with E-state index in [2.05, 4.69) is 27.0 Å². The minimum Gasteiger partial charge on any atom is -0.352 e. The van der Waals surface area contributed by atoms with Gasteiger partial charge in [-0.05, 0) is 30.7 Å². The molecule has 1 N–H and O–H groups in total. The summed E-state index contributed by atoms with van der Waals surface area (Å²) in [7, 11) is -3.71. The topological polar surface area (TPSA) is 101 Å². The lowest BCUT2D eigenvalue weighted by atomic mass is 10.2. The molecule has 8 nitrogen and oxygen atoms in total. The normalized spacial score (nSPS) is 11.8. The Bertz CT molecular complexity index is 1300. The Balaban J connectivity index is 1.57. The largest absolute Gasteiger partial charge is 0.352 e. The smallest absolute Gasteiger partial charge is 0.246 e. The number of thiazole rings is 1. The summed E-state index contributed by atoms with van der Waals surface area (Å²) in [6.45, 7) is 6.29. The lowest BCUT2D eigenvalue weighted by molar-refractivity contribution is 0.379. The number of fused-ring (bicyclic) bond motifs is 1.